The van der Waals surface area contributed by atoms with Gasteiger partial charge < -0.3 is 14.8 Å². The fraction of sp³-hybridized carbons (Fsp3) is 0.345. The van der Waals surface area contributed by atoms with E-state index in [4.69, 9.17) is 0 Å². The van der Waals surface area contributed by atoms with Gasteiger partial charge in [-0.3, -0.25) is 14.3 Å². The third kappa shape index (κ3) is 5.34. The zero-order valence-corrected chi connectivity index (χ0v) is 21.4. The van der Waals surface area contributed by atoms with E-state index in [0.717, 1.165) is 42.6 Å². The van der Waals surface area contributed by atoms with Crippen LogP contribution in [0.5, 0.6) is 0 Å². The third-order valence-corrected chi connectivity index (χ3v) is 7.26. The highest BCUT2D eigenvalue weighted by Gasteiger charge is 2.23. The van der Waals surface area contributed by atoms with Gasteiger partial charge in [-0.1, -0.05) is 6.07 Å². The number of nitrogens with one attached hydrogen (secondary N) is 1. The molecule has 0 unspecified atom stereocenters. The number of likely N-dealkylation sites (tertiary alicyclic amines) is 1. The van der Waals surface area contributed by atoms with Gasteiger partial charge in [0.2, 0.25) is 0 Å². The van der Waals surface area contributed by atoms with Crippen LogP contribution in [0, 0.1) is 5.82 Å². The predicted molar refractivity (Wildman–Crippen MR) is 143 cm³/mol. The highest BCUT2D eigenvalue weighted by molar-refractivity contribution is 5.94. The van der Waals surface area contributed by atoms with E-state index in [1.54, 1.807) is 27.7 Å². The molecule has 0 spiro atoms. The van der Waals surface area contributed by atoms with Gasteiger partial charge in [-0.2, -0.15) is 5.10 Å². The van der Waals surface area contributed by atoms with Crippen molar-refractivity contribution in [3.05, 3.63) is 88.2 Å². The van der Waals surface area contributed by atoms with E-state index in [9.17, 15) is 14.0 Å². The van der Waals surface area contributed by atoms with Crippen LogP contribution < -0.4 is 10.9 Å². The number of aromatic nitrogens is 3. The summed E-state index contributed by atoms with van der Waals surface area (Å²) < 4.78 is 17.8. The molecule has 2 aromatic heterocycles. The first-order valence-electron chi connectivity index (χ1n) is 12.7. The van der Waals surface area contributed by atoms with Crippen molar-refractivity contribution in [3.8, 4) is 11.3 Å². The summed E-state index contributed by atoms with van der Waals surface area (Å²) in [7, 11) is 1.88. The van der Waals surface area contributed by atoms with Crippen molar-refractivity contribution in [3.63, 3.8) is 0 Å². The zero-order valence-electron chi connectivity index (χ0n) is 21.4. The highest BCUT2D eigenvalue weighted by Crippen LogP contribution is 2.23. The Morgan fingerprint density at radius 1 is 1.11 bits per heavy atom. The molecular formula is C29H32FN5O2. The van der Waals surface area contributed by atoms with Crippen molar-refractivity contribution < 1.29 is 9.18 Å². The molecule has 0 aliphatic carbocycles. The summed E-state index contributed by atoms with van der Waals surface area (Å²) in [6.07, 6.45) is 5.20. The minimum atomic E-state index is -0.494. The molecule has 4 aromatic rings. The number of aryl methyl sites for hydroxylation is 1. The molecule has 0 saturated carbocycles. The monoisotopic (exact) mass is 501 g/mol. The molecule has 1 amide bonds. The standard InChI is InChI=1S/C29H32FN5O2/c1-19(2)34-12-8-25(9-13-34)32-28(36)23-14-20(15-24(30)17-23)18-35-11-7-21-16-22(4-5-26(21)29(35)37)27-6-10-31-33(27)3/h4-7,10-11,14-17,19,25H,8-9,12-13,18H2,1-3H3,(H,32,36). The molecule has 1 saturated heterocycles. The van der Waals surface area contributed by atoms with E-state index < -0.39 is 5.82 Å². The van der Waals surface area contributed by atoms with Crippen LogP contribution in [0.15, 0.2) is 65.7 Å². The van der Waals surface area contributed by atoms with Crippen LogP contribution in [0.1, 0.15) is 42.6 Å². The summed E-state index contributed by atoms with van der Waals surface area (Å²) >= 11 is 0. The lowest BCUT2D eigenvalue weighted by molar-refractivity contribution is 0.0900. The van der Waals surface area contributed by atoms with Crippen LogP contribution in [0.4, 0.5) is 4.39 Å². The van der Waals surface area contributed by atoms with Crippen LogP contribution in [0.2, 0.25) is 0 Å². The van der Waals surface area contributed by atoms with E-state index >= 15 is 0 Å². The van der Waals surface area contributed by atoms with E-state index in [1.165, 1.54) is 12.1 Å². The Bertz CT molecular complexity index is 1500. The third-order valence-electron chi connectivity index (χ3n) is 7.26. The number of piperidine rings is 1. The second-order valence-electron chi connectivity index (χ2n) is 10.1. The van der Waals surface area contributed by atoms with Crippen LogP contribution in [-0.2, 0) is 13.6 Å². The first-order chi connectivity index (χ1) is 17.8. The summed E-state index contributed by atoms with van der Waals surface area (Å²) in [5.41, 5.74) is 2.60. The molecule has 0 atom stereocenters. The number of amides is 1. The first-order valence-corrected chi connectivity index (χ1v) is 12.7. The molecule has 1 aliphatic heterocycles. The van der Waals surface area contributed by atoms with Gasteiger partial charge in [0.05, 0.1) is 12.2 Å². The average Bonchev–Trinajstić information content (AvgIpc) is 3.31. The van der Waals surface area contributed by atoms with Crippen molar-refractivity contribution in [2.75, 3.05) is 13.1 Å². The number of nitrogens with zero attached hydrogens (tertiary/aromatic N) is 4. The number of fused-ring (bicyclic) bond motifs is 1. The number of rotatable bonds is 6. The van der Waals surface area contributed by atoms with Crippen LogP contribution in [0.3, 0.4) is 0 Å². The summed E-state index contributed by atoms with van der Waals surface area (Å²) in [6.45, 7) is 6.39. The lowest BCUT2D eigenvalue weighted by Crippen LogP contribution is -2.46. The van der Waals surface area contributed by atoms with Gasteiger partial charge in [0.15, 0.2) is 0 Å². The second-order valence-corrected chi connectivity index (χ2v) is 10.1. The topological polar surface area (TPSA) is 72.2 Å². The molecule has 37 heavy (non-hydrogen) atoms. The predicted octanol–water partition coefficient (Wildman–Crippen LogP) is 4.19. The Kier molecular flexibility index (Phi) is 6.93. The highest BCUT2D eigenvalue weighted by atomic mass is 19.1. The lowest BCUT2D eigenvalue weighted by atomic mass is 10.0. The summed E-state index contributed by atoms with van der Waals surface area (Å²) in [5.74, 6) is -0.774. The van der Waals surface area contributed by atoms with Crippen molar-refractivity contribution in [1.29, 1.82) is 0 Å². The molecule has 1 fully saturated rings. The van der Waals surface area contributed by atoms with Gasteiger partial charge >= 0.3 is 0 Å². The van der Waals surface area contributed by atoms with Gasteiger partial charge in [-0.25, -0.2) is 4.39 Å². The van der Waals surface area contributed by atoms with Crippen molar-refractivity contribution >= 4 is 16.7 Å². The number of hydrogen-bond acceptors (Lipinski definition) is 4. The summed E-state index contributed by atoms with van der Waals surface area (Å²) in [4.78, 5) is 28.5. The van der Waals surface area contributed by atoms with E-state index in [-0.39, 0.29) is 29.6 Å². The first kappa shape index (κ1) is 24.9. The Balaban J connectivity index is 1.33. The number of carbonyl (C=O) groups excluding carboxylic acids is 1. The quantitative estimate of drug-likeness (QED) is 0.430. The van der Waals surface area contributed by atoms with E-state index in [1.807, 2.05) is 37.4 Å². The minimum Gasteiger partial charge on any atom is -0.349 e. The maximum absolute atomic E-state index is 14.5. The largest absolute Gasteiger partial charge is 0.349 e. The zero-order chi connectivity index (χ0) is 26.1. The number of hydrogen-bond donors (Lipinski definition) is 1. The minimum absolute atomic E-state index is 0.0774. The maximum atomic E-state index is 14.5. The molecule has 192 valence electrons. The summed E-state index contributed by atoms with van der Waals surface area (Å²) in [6, 6.07) is 14.4. The fourth-order valence-electron chi connectivity index (χ4n) is 5.13. The van der Waals surface area contributed by atoms with Crippen molar-refractivity contribution in [2.45, 2.75) is 45.3 Å². The Labute approximate surface area is 215 Å². The van der Waals surface area contributed by atoms with E-state index in [2.05, 4.69) is 29.2 Å². The Morgan fingerprint density at radius 2 is 1.89 bits per heavy atom. The van der Waals surface area contributed by atoms with Crippen LogP contribution in [0.25, 0.3) is 22.0 Å². The molecule has 3 heterocycles. The van der Waals surface area contributed by atoms with Gasteiger partial charge in [-0.05, 0) is 80.1 Å². The smallest absolute Gasteiger partial charge is 0.258 e. The van der Waals surface area contributed by atoms with Gasteiger partial charge in [0.1, 0.15) is 5.82 Å². The Morgan fingerprint density at radius 3 is 2.59 bits per heavy atom. The lowest BCUT2D eigenvalue weighted by Gasteiger charge is -2.34. The van der Waals surface area contributed by atoms with Gasteiger partial charge in [0.25, 0.3) is 11.5 Å². The summed E-state index contributed by atoms with van der Waals surface area (Å²) in [5, 5.41) is 8.67. The van der Waals surface area contributed by atoms with Crippen molar-refractivity contribution in [1.82, 2.24) is 24.6 Å². The second kappa shape index (κ2) is 10.3. The van der Waals surface area contributed by atoms with Gasteiger partial charge in [-0.15, -0.1) is 0 Å². The van der Waals surface area contributed by atoms with Crippen LogP contribution >= 0.6 is 0 Å². The fourth-order valence-corrected chi connectivity index (χ4v) is 5.13. The molecule has 5 rings (SSSR count). The van der Waals surface area contributed by atoms with Crippen molar-refractivity contribution in [2.24, 2.45) is 7.05 Å². The van der Waals surface area contributed by atoms with Crippen LogP contribution in [-0.4, -0.2) is 50.3 Å². The number of halogens is 1. The van der Waals surface area contributed by atoms with Gasteiger partial charge in [0, 0.05) is 61.1 Å². The molecule has 1 aliphatic rings. The molecule has 2 aromatic carbocycles. The maximum Gasteiger partial charge on any atom is 0.258 e. The average molecular weight is 502 g/mol. The molecule has 0 bridgehead atoms. The number of pyridine rings is 1. The van der Waals surface area contributed by atoms with E-state index in [0.29, 0.717) is 17.0 Å². The SMILES string of the molecule is CC(C)N1CCC(NC(=O)c2cc(F)cc(Cn3ccc4cc(-c5ccnn5C)ccc4c3=O)c2)CC1. The number of carbonyl (C=O) groups is 1. The number of benzene rings is 2. The Hall–Kier alpha value is -3.78. The molecule has 0 radical (unpaired) electrons. The molecule has 7 nitrogen and oxygen atoms in total. The molecule has 8 heteroatoms. The molecular weight excluding hydrogens is 469 g/mol. The normalized spacial score (nSPS) is 14.9. The molecule has 1 N–H and O–H groups in total.